The number of amides is 2. The summed E-state index contributed by atoms with van der Waals surface area (Å²) < 4.78 is 11.0. The predicted octanol–water partition coefficient (Wildman–Crippen LogP) is 3.52. The molecular formula is C19H19ClN2O4S. The minimum atomic E-state index is -0.460. The highest BCUT2D eigenvalue weighted by atomic mass is 35.5. The van der Waals surface area contributed by atoms with Gasteiger partial charge in [0.25, 0.3) is 11.8 Å². The number of benzene rings is 1. The molecule has 6 nitrogen and oxygen atoms in total. The summed E-state index contributed by atoms with van der Waals surface area (Å²) >= 11 is 7.59. The topological polar surface area (TPSA) is 76.7 Å². The second kappa shape index (κ2) is 8.45. The summed E-state index contributed by atoms with van der Waals surface area (Å²) in [6.45, 7) is 4.90. The van der Waals surface area contributed by atoms with E-state index in [0.717, 1.165) is 16.9 Å². The number of thiophene rings is 1. The first-order chi connectivity index (χ1) is 13.0. The molecule has 0 radical (unpaired) electrons. The van der Waals surface area contributed by atoms with Crippen molar-refractivity contribution in [3.63, 3.8) is 0 Å². The molecule has 0 saturated carbocycles. The Balaban J connectivity index is 1.59. The second-order valence-electron chi connectivity index (χ2n) is 5.87. The summed E-state index contributed by atoms with van der Waals surface area (Å²) in [5, 5.41) is 0.417. The van der Waals surface area contributed by atoms with E-state index in [1.54, 1.807) is 18.2 Å². The van der Waals surface area contributed by atoms with E-state index in [9.17, 15) is 9.59 Å². The van der Waals surface area contributed by atoms with E-state index < -0.39 is 5.91 Å². The van der Waals surface area contributed by atoms with Crippen molar-refractivity contribution in [2.24, 2.45) is 0 Å². The van der Waals surface area contributed by atoms with E-state index in [2.05, 4.69) is 10.9 Å². The molecule has 27 heavy (non-hydrogen) atoms. The number of hydrazine groups is 1. The van der Waals surface area contributed by atoms with Gasteiger partial charge in [0, 0.05) is 11.0 Å². The standard InChI is InChI=1S/C19H19ClN2O4S/c1-3-15-11(2)8-16(27-15)19(24)22-21-17(23)5-4-12-9-13(20)18-14(10-12)25-6-7-26-18/h4-5,8-10H,3,6-7H2,1-2H3,(H,21,23)(H,22,24)/b5-4+. The van der Waals surface area contributed by atoms with Crippen LogP contribution in [0.1, 0.15) is 32.6 Å². The second-order valence-corrected chi connectivity index (χ2v) is 7.42. The molecule has 2 N–H and O–H groups in total. The van der Waals surface area contributed by atoms with Crippen molar-refractivity contribution in [1.82, 2.24) is 10.9 Å². The summed E-state index contributed by atoms with van der Waals surface area (Å²) in [4.78, 5) is 25.8. The lowest BCUT2D eigenvalue weighted by atomic mass is 10.1. The van der Waals surface area contributed by atoms with Gasteiger partial charge < -0.3 is 9.47 Å². The van der Waals surface area contributed by atoms with E-state index in [-0.39, 0.29) is 5.91 Å². The van der Waals surface area contributed by atoms with E-state index in [1.807, 2.05) is 19.9 Å². The van der Waals surface area contributed by atoms with Crippen LogP contribution in [-0.4, -0.2) is 25.0 Å². The minimum absolute atomic E-state index is 0.341. The lowest BCUT2D eigenvalue weighted by Gasteiger charge is -2.19. The number of hydrogen-bond acceptors (Lipinski definition) is 5. The van der Waals surface area contributed by atoms with Crippen molar-refractivity contribution < 1.29 is 19.1 Å². The zero-order valence-electron chi connectivity index (χ0n) is 14.9. The highest BCUT2D eigenvalue weighted by Crippen LogP contribution is 2.38. The third-order valence-corrected chi connectivity index (χ3v) is 5.57. The van der Waals surface area contributed by atoms with E-state index >= 15 is 0 Å². The van der Waals surface area contributed by atoms with E-state index in [4.69, 9.17) is 21.1 Å². The summed E-state index contributed by atoms with van der Waals surface area (Å²) in [6.07, 6.45) is 3.76. The Morgan fingerprint density at radius 2 is 2.00 bits per heavy atom. The minimum Gasteiger partial charge on any atom is -0.486 e. The summed E-state index contributed by atoms with van der Waals surface area (Å²) in [5.41, 5.74) is 6.54. The molecule has 0 bridgehead atoms. The average molecular weight is 407 g/mol. The van der Waals surface area contributed by atoms with Gasteiger partial charge in [0.15, 0.2) is 11.5 Å². The molecule has 0 aliphatic carbocycles. The fraction of sp³-hybridized carbons (Fsp3) is 0.263. The third kappa shape index (κ3) is 4.61. The Kier molecular flexibility index (Phi) is 6.03. The fourth-order valence-electron chi connectivity index (χ4n) is 2.60. The molecule has 0 unspecified atom stereocenters. The Morgan fingerprint density at radius 3 is 2.74 bits per heavy atom. The third-order valence-electron chi connectivity index (χ3n) is 3.91. The quantitative estimate of drug-likeness (QED) is 0.601. The van der Waals surface area contributed by atoms with Gasteiger partial charge in [-0.2, -0.15) is 0 Å². The first-order valence-corrected chi connectivity index (χ1v) is 9.64. The maximum Gasteiger partial charge on any atom is 0.279 e. The Bertz CT molecular complexity index is 907. The molecule has 2 heterocycles. The monoisotopic (exact) mass is 406 g/mol. The molecular weight excluding hydrogens is 388 g/mol. The summed E-state index contributed by atoms with van der Waals surface area (Å²) in [7, 11) is 0. The summed E-state index contributed by atoms with van der Waals surface area (Å²) in [6, 6.07) is 5.24. The van der Waals surface area contributed by atoms with Gasteiger partial charge >= 0.3 is 0 Å². The number of fused-ring (bicyclic) bond motifs is 1. The SMILES string of the molecule is CCc1sc(C(=O)NNC(=O)/C=C/c2cc(Cl)c3c(c2)OCCO3)cc1C. The van der Waals surface area contributed by atoms with Crippen molar-refractivity contribution in [3.05, 3.63) is 50.2 Å². The average Bonchev–Trinajstić information content (AvgIpc) is 3.05. The van der Waals surface area contributed by atoms with Crippen LogP contribution in [-0.2, 0) is 11.2 Å². The molecule has 0 spiro atoms. The van der Waals surface area contributed by atoms with Crippen LogP contribution in [0.3, 0.4) is 0 Å². The number of aryl methyl sites for hydroxylation is 2. The Hall–Kier alpha value is -2.51. The van der Waals surface area contributed by atoms with Crippen LogP contribution in [0.5, 0.6) is 11.5 Å². The van der Waals surface area contributed by atoms with Crippen LogP contribution >= 0.6 is 22.9 Å². The smallest absolute Gasteiger partial charge is 0.279 e. The number of carbonyl (C=O) groups excluding carboxylic acids is 2. The van der Waals surface area contributed by atoms with Crippen LogP contribution in [0.15, 0.2) is 24.3 Å². The van der Waals surface area contributed by atoms with Crippen molar-refractivity contribution in [3.8, 4) is 11.5 Å². The number of halogens is 1. The van der Waals surface area contributed by atoms with Gasteiger partial charge in [-0.25, -0.2) is 0 Å². The van der Waals surface area contributed by atoms with Crippen LogP contribution in [0.4, 0.5) is 0 Å². The molecule has 1 aromatic carbocycles. The van der Waals surface area contributed by atoms with Gasteiger partial charge in [0.2, 0.25) is 0 Å². The van der Waals surface area contributed by atoms with Crippen molar-refractivity contribution >= 4 is 40.8 Å². The Morgan fingerprint density at radius 1 is 1.22 bits per heavy atom. The zero-order chi connectivity index (χ0) is 19.4. The molecule has 0 fully saturated rings. The lowest BCUT2D eigenvalue weighted by molar-refractivity contribution is -0.117. The van der Waals surface area contributed by atoms with Gasteiger partial charge in [0.05, 0.1) is 9.90 Å². The van der Waals surface area contributed by atoms with Gasteiger partial charge in [-0.05, 0) is 48.7 Å². The van der Waals surface area contributed by atoms with E-state index in [1.165, 1.54) is 17.4 Å². The maximum atomic E-state index is 12.1. The zero-order valence-corrected chi connectivity index (χ0v) is 16.5. The predicted molar refractivity (Wildman–Crippen MR) is 106 cm³/mol. The van der Waals surface area contributed by atoms with Gasteiger partial charge in [0.1, 0.15) is 13.2 Å². The highest BCUT2D eigenvalue weighted by Gasteiger charge is 2.16. The van der Waals surface area contributed by atoms with Gasteiger partial charge in [-0.15, -0.1) is 11.3 Å². The molecule has 2 aromatic rings. The van der Waals surface area contributed by atoms with E-state index in [0.29, 0.717) is 40.2 Å². The number of ether oxygens (including phenoxy) is 2. The number of carbonyl (C=O) groups is 2. The number of rotatable bonds is 4. The van der Waals surface area contributed by atoms with Gasteiger partial charge in [-0.1, -0.05) is 18.5 Å². The lowest BCUT2D eigenvalue weighted by Crippen LogP contribution is -2.40. The molecule has 3 rings (SSSR count). The molecule has 142 valence electrons. The fourth-order valence-corrected chi connectivity index (χ4v) is 3.89. The van der Waals surface area contributed by atoms with Crippen LogP contribution < -0.4 is 20.3 Å². The van der Waals surface area contributed by atoms with Crippen LogP contribution in [0.2, 0.25) is 5.02 Å². The first kappa shape index (κ1) is 19.3. The largest absolute Gasteiger partial charge is 0.486 e. The molecule has 2 amide bonds. The van der Waals surface area contributed by atoms with Crippen molar-refractivity contribution in [2.75, 3.05) is 13.2 Å². The number of hydrogen-bond donors (Lipinski definition) is 2. The Labute approximate surface area is 166 Å². The van der Waals surface area contributed by atoms with Crippen LogP contribution in [0, 0.1) is 6.92 Å². The normalized spacial score (nSPS) is 12.9. The maximum absolute atomic E-state index is 12.1. The molecule has 1 aliphatic rings. The first-order valence-electron chi connectivity index (χ1n) is 8.44. The highest BCUT2D eigenvalue weighted by molar-refractivity contribution is 7.14. The number of nitrogens with one attached hydrogen (secondary N) is 2. The molecule has 8 heteroatoms. The van der Waals surface area contributed by atoms with Crippen LogP contribution in [0.25, 0.3) is 6.08 Å². The molecule has 0 atom stereocenters. The van der Waals surface area contributed by atoms with Crippen molar-refractivity contribution in [2.45, 2.75) is 20.3 Å². The van der Waals surface area contributed by atoms with Gasteiger partial charge in [-0.3, -0.25) is 20.4 Å². The molecule has 1 aromatic heterocycles. The molecule has 1 aliphatic heterocycles. The van der Waals surface area contributed by atoms with Crippen molar-refractivity contribution in [1.29, 1.82) is 0 Å². The molecule has 0 saturated heterocycles. The summed E-state index contributed by atoms with van der Waals surface area (Å²) in [5.74, 6) is 0.252.